The zero-order valence-corrected chi connectivity index (χ0v) is 15.4. The summed E-state index contributed by atoms with van der Waals surface area (Å²) in [6, 6.07) is 6.97. The van der Waals surface area contributed by atoms with Crippen molar-refractivity contribution in [3.8, 4) is 0 Å². The molecule has 1 atom stereocenters. The van der Waals surface area contributed by atoms with E-state index in [9.17, 15) is 13.2 Å². The molecule has 25 heavy (non-hydrogen) atoms. The average molecular weight is 366 g/mol. The molecule has 1 N–H and O–H groups in total. The molecule has 1 unspecified atom stereocenters. The third-order valence-electron chi connectivity index (χ3n) is 5.02. The van der Waals surface area contributed by atoms with Crippen molar-refractivity contribution >= 4 is 15.9 Å². The molecule has 2 saturated heterocycles. The Labute approximate surface area is 149 Å². The van der Waals surface area contributed by atoms with Crippen molar-refractivity contribution in [1.82, 2.24) is 9.62 Å². The van der Waals surface area contributed by atoms with Crippen molar-refractivity contribution in [3.63, 3.8) is 0 Å². The number of benzene rings is 1. The summed E-state index contributed by atoms with van der Waals surface area (Å²) in [4.78, 5) is 12.3. The highest BCUT2D eigenvalue weighted by molar-refractivity contribution is 7.89. The van der Waals surface area contributed by atoms with E-state index in [0.717, 1.165) is 31.2 Å². The lowest BCUT2D eigenvalue weighted by molar-refractivity contribution is -0.130. The molecule has 0 spiro atoms. The molecular formula is C18H26N2O4S. The van der Waals surface area contributed by atoms with Crippen LogP contribution in [0.4, 0.5) is 0 Å². The number of rotatable bonds is 5. The van der Waals surface area contributed by atoms with Gasteiger partial charge in [-0.1, -0.05) is 17.7 Å². The van der Waals surface area contributed by atoms with Gasteiger partial charge < -0.3 is 10.1 Å². The zero-order chi connectivity index (χ0) is 17.9. The van der Waals surface area contributed by atoms with E-state index in [4.69, 9.17) is 4.74 Å². The molecule has 2 heterocycles. The molecule has 2 aliphatic heterocycles. The van der Waals surface area contributed by atoms with Gasteiger partial charge in [0.05, 0.1) is 4.90 Å². The largest absolute Gasteiger partial charge is 0.368 e. The van der Waals surface area contributed by atoms with Crippen molar-refractivity contribution < 1.29 is 17.9 Å². The molecule has 6 nitrogen and oxygen atoms in total. The molecule has 2 aliphatic rings. The molecule has 0 bridgehead atoms. The number of aryl methyl sites for hydroxylation is 1. The van der Waals surface area contributed by atoms with E-state index in [0.29, 0.717) is 37.1 Å². The average Bonchev–Trinajstić information content (AvgIpc) is 3.15. The molecule has 0 aromatic heterocycles. The van der Waals surface area contributed by atoms with Crippen LogP contribution in [0.1, 0.15) is 31.2 Å². The molecule has 1 aromatic rings. The second kappa shape index (κ2) is 7.85. The van der Waals surface area contributed by atoms with E-state index in [2.05, 4.69) is 5.32 Å². The number of ether oxygens (including phenoxy) is 1. The Bertz CT molecular complexity index is 688. The zero-order valence-electron chi connectivity index (χ0n) is 14.6. The summed E-state index contributed by atoms with van der Waals surface area (Å²) in [7, 11) is -3.42. The van der Waals surface area contributed by atoms with Crippen molar-refractivity contribution in [2.45, 2.75) is 43.6 Å². The first kappa shape index (κ1) is 18.4. The van der Waals surface area contributed by atoms with Crippen LogP contribution in [0.2, 0.25) is 0 Å². The topological polar surface area (TPSA) is 75.7 Å². The van der Waals surface area contributed by atoms with E-state index in [1.54, 1.807) is 16.4 Å². The van der Waals surface area contributed by atoms with Crippen LogP contribution in [0.15, 0.2) is 29.2 Å². The number of nitrogens with one attached hydrogen (secondary N) is 1. The maximum absolute atomic E-state index is 12.7. The number of carbonyl (C=O) groups is 1. The van der Waals surface area contributed by atoms with Gasteiger partial charge in [0.1, 0.15) is 6.10 Å². The number of nitrogens with zero attached hydrogens (tertiary/aromatic N) is 1. The normalized spacial score (nSPS) is 22.8. The Morgan fingerprint density at radius 2 is 1.88 bits per heavy atom. The summed E-state index contributed by atoms with van der Waals surface area (Å²) in [5, 5.41) is 2.95. The highest BCUT2D eigenvalue weighted by Gasteiger charge is 2.30. The summed E-state index contributed by atoms with van der Waals surface area (Å²) < 4.78 is 32.3. The van der Waals surface area contributed by atoms with E-state index in [-0.39, 0.29) is 12.0 Å². The molecule has 3 rings (SSSR count). The minimum atomic E-state index is -3.42. The Morgan fingerprint density at radius 1 is 1.20 bits per heavy atom. The van der Waals surface area contributed by atoms with E-state index in [1.165, 1.54) is 0 Å². The number of hydrogen-bond donors (Lipinski definition) is 1. The lowest BCUT2D eigenvalue weighted by Gasteiger charge is -2.31. The molecule has 0 radical (unpaired) electrons. The van der Waals surface area contributed by atoms with Crippen molar-refractivity contribution in [1.29, 1.82) is 0 Å². The summed E-state index contributed by atoms with van der Waals surface area (Å²) in [5.74, 6) is 0.280. The Morgan fingerprint density at radius 3 is 2.48 bits per heavy atom. The second-order valence-corrected chi connectivity index (χ2v) is 8.85. The fraction of sp³-hybridized carbons (Fsp3) is 0.611. The highest BCUT2D eigenvalue weighted by Crippen LogP contribution is 2.24. The predicted molar refractivity (Wildman–Crippen MR) is 94.6 cm³/mol. The first-order valence-corrected chi connectivity index (χ1v) is 10.4. The van der Waals surface area contributed by atoms with Crippen LogP contribution in [0.5, 0.6) is 0 Å². The van der Waals surface area contributed by atoms with Gasteiger partial charge in [-0.3, -0.25) is 4.79 Å². The van der Waals surface area contributed by atoms with E-state index in [1.807, 2.05) is 19.1 Å². The van der Waals surface area contributed by atoms with E-state index >= 15 is 0 Å². The number of amides is 1. The smallest absolute Gasteiger partial charge is 0.249 e. The lowest BCUT2D eigenvalue weighted by Crippen LogP contribution is -2.43. The summed E-state index contributed by atoms with van der Waals surface area (Å²) in [6.07, 6.45) is 2.95. The summed E-state index contributed by atoms with van der Waals surface area (Å²) >= 11 is 0. The first-order valence-electron chi connectivity index (χ1n) is 8.93. The van der Waals surface area contributed by atoms with Crippen molar-refractivity contribution in [3.05, 3.63) is 29.8 Å². The van der Waals surface area contributed by atoms with Crippen molar-refractivity contribution in [2.24, 2.45) is 5.92 Å². The first-order chi connectivity index (χ1) is 12.0. The Kier molecular flexibility index (Phi) is 5.76. The lowest BCUT2D eigenvalue weighted by atomic mass is 9.98. The minimum absolute atomic E-state index is 0.0350. The van der Waals surface area contributed by atoms with Gasteiger partial charge in [-0.05, 0) is 50.7 Å². The third-order valence-corrected chi connectivity index (χ3v) is 6.93. The van der Waals surface area contributed by atoms with Crippen LogP contribution in [0.25, 0.3) is 0 Å². The number of hydrogen-bond acceptors (Lipinski definition) is 4. The molecule has 7 heteroatoms. The van der Waals surface area contributed by atoms with Crippen LogP contribution >= 0.6 is 0 Å². The van der Waals surface area contributed by atoms with Gasteiger partial charge in [-0.25, -0.2) is 8.42 Å². The summed E-state index contributed by atoms with van der Waals surface area (Å²) in [5.41, 5.74) is 1.04. The third kappa shape index (κ3) is 4.40. The molecule has 0 aliphatic carbocycles. The maximum atomic E-state index is 12.7. The molecule has 0 saturated carbocycles. The SMILES string of the molecule is Cc1ccc(S(=O)(=O)N2CCC(CNC(=O)C3CCCO3)CC2)cc1. The van der Waals surface area contributed by atoms with Gasteiger partial charge in [0.15, 0.2) is 0 Å². The second-order valence-electron chi connectivity index (χ2n) is 6.91. The van der Waals surface area contributed by atoms with Crippen LogP contribution < -0.4 is 5.32 Å². The monoisotopic (exact) mass is 366 g/mol. The fourth-order valence-electron chi connectivity index (χ4n) is 3.36. The quantitative estimate of drug-likeness (QED) is 0.860. The Balaban J connectivity index is 1.49. The molecular weight excluding hydrogens is 340 g/mol. The molecule has 2 fully saturated rings. The van der Waals surface area contributed by atoms with Gasteiger partial charge in [0.25, 0.3) is 0 Å². The van der Waals surface area contributed by atoms with Gasteiger partial charge in [0.2, 0.25) is 15.9 Å². The van der Waals surface area contributed by atoms with Gasteiger partial charge >= 0.3 is 0 Å². The van der Waals surface area contributed by atoms with E-state index < -0.39 is 10.0 Å². The van der Waals surface area contributed by atoms with Gasteiger partial charge in [-0.15, -0.1) is 0 Å². The highest BCUT2D eigenvalue weighted by atomic mass is 32.2. The number of sulfonamides is 1. The number of piperidine rings is 1. The van der Waals surface area contributed by atoms with Crippen LogP contribution in [0, 0.1) is 12.8 Å². The summed E-state index contributed by atoms with van der Waals surface area (Å²) in [6.45, 7) is 4.19. The molecule has 138 valence electrons. The predicted octanol–water partition coefficient (Wildman–Crippen LogP) is 1.69. The van der Waals surface area contributed by atoms with Crippen LogP contribution in [-0.4, -0.2) is 51.0 Å². The van der Waals surface area contributed by atoms with Crippen LogP contribution in [0.3, 0.4) is 0 Å². The molecule has 1 aromatic carbocycles. The maximum Gasteiger partial charge on any atom is 0.249 e. The van der Waals surface area contributed by atoms with Gasteiger partial charge in [0, 0.05) is 26.2 Å². The minimum Gasteiger partial charge on any atom is -0.368 e. The number of carbonyl (C=O) groups excluding carboxylic acids is 1. The Hall–Kier alpha value is -1.44. The van der Waals surface area contributed by atoms with Crippen LogP contribution in [-0.2, 0) is 19.6 Å². The molecule has 1 amide bonds. The fourth-order valence-corrected chi connectivity index (χ4v) is 4.83. The van der Waals surface area contributed by atoms with Gasteiger partial charge in [-0.2, -0.15) is 4.31 Å². The standard InChI is InChI=1S/C18H26N2O4S/c1-14-4-6-16(7-5-14)25(22,23)20-10-8-15(9-11-20)13-19-18(21)17-3-2-12-24-17/h4-7,15,17H,2-3,8-13H2,1H3,(H,19,21). The van der Waals surface area contributed by atoms with Crippen molar-refractivity contribution in [2.75, 3.05) is 26.2 Å².